The van der Waals surface area contributed by atoms with E-state index in [1.54, 1.807) is 5.57 Å². The van der Waals surface area contributed by atoms with Crippen molar-refractivity contribution in [2.45, 2.75) is 70.8 Å². The van der Waals surface area contributed by atoms with Crippen LogP contribution in [0.25, 0.3) is 11.6 Å². The highest BCUT2D eigenvalue weighted by molar-refractivity contribution is 5.78. The molecule has 0 spiro atoms. The van der Waals surface area contributed by atoms with E-state index in [-0.39, 0.29) is 23.0 Å². The Morgan fingerprint density at radius 2 is 2.00 bits per heavy atom. The van der Waals surface area contributed by atoms with Gasteiger partial charge in [0.05, 0.1) is 22.1 Å². The molecule has 1 saturated carbocycles. The van der Waals surface area contributed by atoms with Gasteiger partial charge in [-0.05, 0) is 74.7 Å². The quantitative estimate of drug-likeness (QED) is 0.607. The first-order chi connectivity index (χ1) is 14.7. The molecule has 0 radical (unpaired) electrons. The molecule has 2 aliphatic heterocycles. The average Bonchev–Trinajstić information content (AvgIpc) is 2.88. The lowest BCUT2D eigenvalue weighted by molar-refractivity contribution is -0.799. The smallest absolute Gasteiger partial charge is 0.195 e. The summed E-state index contributed by atoms with van der Waals surface area (Å²) in [4.78, 5) is 4.47. The Hall–Kier alpha value is -2.26. The number of aliphatic imine (C=N–C) groups is 1. The average molecular weight is 414 g/mol. The predicted octanol–water partition coefficient (Wildman–Crippen LogP) is 3.45. The minimum Gasteiger partial charge on any atom is -0.396 e. The summed E-state index contributed by atoms with van der Waals surface area (Å²) in [7, 11) is 0. The fraction of sp³-hybridized carbons (Fsp3) is 0.500. The molecule has 160 valence electrons. The molecule has 0 saturated heterocycles. The molecule has 5 unspecified atom stereocenters. The first-order valence-corrected chi connectivity index (χ1v) is 11.7. The molecule has 3 heteroatoms. The summed E-state index contributed by atoms with van der Waals surface area (Å²) < 4.78 is 2.61. The van der Waals surface area contributed by atoms with Gasteiger partial charge in [0, 0.05) is 31.9 Å². The zero-order valence-corrected chi connectivity index (χ0v) is 19.4. The van der Waals surface area contributed by atoms with Crippen molar-refractivity contribution in [3.8, 4) is 0 Å². The van der Waals surface area contributed by atoms with Gasteiger partial charge < -0.3 is 5.11 Å². The third-order valence-electron chi connectivity index (χ3n) is 9.78. The maximum Gasteiger partial charge on any atom is 0.195 e. The number of nitrogens with zero attached hydrogens (tertiary/aromatic N) is 2. The highest BCUT2D eigenvalue weighted by Gasteiger charge is 2.76. The first kappa shape index (κ1) is 19.4. The van der Waals surface area contributed by atoms with E-state index in [0.29, 0.717) is 11.8 Å². The molecule has 3 nitrogen and oxygen atoms in total. The first-order valence-electron chi connectivity index (χ1n) is 11.7. The van der Waals surface area contributed by atoms with Crippen molar-refractivity contribution in [1.82, 2.24) is 0 Å². The lowest BCUT2D eigenvalue weighted by Crippen LogP contribution is -2.74. The Bertz CT molecular complexity index is 1310. The number of aliphatic hydroxyl groups excluding tert-OH is 1. The van der Waals surface area contributed by atoms with E-state index in [9.17, 15) is 5.11 Å². The molecule has 7 rings (SSSR count). The zero-order chi connectivity index (χ0) is 21.9. The van der Waals surface area contributed by atoms with Crippen molar-refractivity contribution in [1.29, 1.82) is 0 Å². The summed E-state index contributed by atoms with van der Waals surface area (Å²) in [6.45, 7) is 16.1. The molecule has 0 amide bonds. The molecule has 1 fully saturated rings. The van der Waals surface area contributed by atoms with Crippen LogP contribution in [-0.2, 0) is 11.0 Å². The van der Waals surface area contributed by atoms with Crippen molar-refractivity contribution in [2.24, 2.45) is 16.3 Å². The highest BCUT2D eigenvalue weighted by Crippen LogP contribution is 2.73. The molecule has 5 aliphatic rings. The standard InChI is InChI=1S/C28H33N2O/c1-16-13-17(2)19-7-10-26(3)24-22-21(29-6)8-11-30(25(22)26)27(4)15-18(9-12-31)28(27,5)23(24)20(19)14-16/h7-8,11,13-14,18,24,31H,6,9-10,12,15H2,1-5H3/q+1. The van der Waals surface area contributed by atoms with Gasteiger partial charge in [-0.15, -0.1) is 0 Å². The molecule has 2 aromatic rings. The van der Waals surface area contributed by atoms with Crippen molar-refractivity contribution in [3.63, 3.8) is 0 Å². The van der Waals surface area contributed by atoms with Crippen LogP contribution >= 0.6 is 0 Å². The molecule has 5 atom stereocenters. The second kappa shape index (κ2) is 5.75. The number of hydrogen-bond acceptors (Lipinski definition) is 2. The van der Waals surface area contributed by atoms with Crippen LogP contribution in [0.3, 0.4) is 0 Å². The van der Waals surface area contributed by atoms with E-state index < -0.39 is 0 Å². The van der Waals surface area contributed by atoms with Crippen molar-refractivity contribution in [2.75, 3.05) is 6.61 Å². The Kier molecular flexibility index (Phi) is 3.60. The number of aryl methyl sites for hydroxylation is 2. The van der Waals surface area contributed by atoms with Gasteiger partial charge in [-0.3, -0.25) is 4.99 Å². The molecule has 1 N–H and O–H groups in total. The lowest BCUT2D eigenvalue weighted by atomic mass is 9.43. The van der Waals surface area contributed by atoms with E-state index in [4.69, 9.17) is 0 Å². The maximum absolute atomic E-state index is 9.94. The van der Waals surface area contributed by atoms with Crippen LogP contribution in [0.5, 0.6) is 0 Å². The molecular weight excluding hydrogens is 380 g/mol. The number of fused-ring (bicyclic) bond motifs is 1. The molecule has 1 aromatic heterocycles. The number of pyridine rings is 1. The van der Waals surface area contributed by atoms with E-state index >= 15 is 0 Å². The van der Waals surface area contributed by atoms with Crippen LogP contribution in [0.4, 0.5) is 5.69 Å². The minimum atomic E-state index is -0.0146. The Morgan fingerprint density at radius 1 is 1.23 bits per heavy atom. The van der Waals surface area contributed by atoms with Crippen molar-refractivity contribution < 1.29 is 9.67 Å². The maximum atomic E-state index is 9.94. The summed E-state index contributed by atoms with van der Waals surface area (Å²) in [5, 5.41) is 12.8. The largest absolute Gasteiger partial charge is 0.396 e. The highest BCUT2D eigenvalue weighted by atomic mass is 16.3. The second-order valence-electron chi connectivity index (χ2n) is 11.1. The number of aliphatic hydroxyl groups is 1. The van der Waals surface area contributed by atoms with Gasteiger partial charge in [0.15, 0.2) is 17.4 Å². The molecule has 31 heavy (non-hydrogen) atoms. The van der Waals surface area contributed by atoms with Crippen LogP contribution < -0.4 is 15.0 Å². The van der Waals surface area contributed by atoms with Gasteiger partial charge in [-0.1, -0.05) is 23.8 Å². The summed E-state index contributed by atoms with van der Waals surface area (Å²) in [5.74, 6) is 0.825. The van der Waals surface area contributed by atoms with Crippen LogP contribution in [0.15, 0.2) is 29.4 Å². The Morgan fingerprint density at radius 3 is 2.71 bits per heavy atom. The predicted molar refractivity (Wildman–Crippen MR) is 125 cm³/mol. The zero-order valence-electron chi connectivity index (χ0n) is 19.4. The Labute approximate surface area is 184 Å². The van der Waals surface area contributed by atoms with E-state index in [0.717, 1.165) is 24.9 Å². The lowest BCUT2D eigenvalue weighted by Gasteiger charge is -2.58. The van der Waals surface area contributed by atoms with Gasteiger partial charge in [-0.25, -0.2) is 0 Å². The minimum absolute atomic E-state index is 0.00469. The summed E-state index contributed by atoms with van der Waals surface area (Å²) in [6.07, 6.45) is 7.79. The summed E-state index contributed by atoms with van der Waals surface area (Å²) in [5.41, 5.74) is 8.26. The number of rotatable bonds is 3. The molecular formula is C28H33N2O+. The second-order valence-corrected chi connectivity index (χ2v) is 11.1. The summed E-state index contributed by atoms with van der Waals surface area (Å²) >= 11 is 0. The van der Waals surface area contributed by atoms with Crippen LogP contribution in [0.1, 0.15) is 68.3 Å². The van der Waals surface area contributed by atoms with Gasteiger partial charge in [0.1, 0.15) is 0 Å². The number of hydrogen-bond donors (Lipinski definition) is 1. The van der Waals surface area contributed by atoms with Gasteiger partial charge >= 0.3 is 0 Å². The molecule has 1 aromatic carbocycles. The van der Waals surface area contributed by atoms with Gasteiger partial charge in [0.2, 0.25) is 0 Å². The molecule has 3 aliphatic carbocycles. The van der Waals surface area contributed by atoms with Crippen LogP contribution in [-0.4, -0.2) is 18.4 Å². The van der Waals surface area contributed by atoms with Crippen molar-refractivity contribution in [3.05, 3.63) is 57.2 Å². The normalized spacial score (nSPS) is 36.1. The van der Waals surface area contributed by atoms with Gasteiger partial charge in [-0.2, -0.15) is 4.57 Å². The topological polar surface area (TPSA) is 36.5 Å². The van der Waals surface area contributed by atoms with Gasteiger partial charge in [0.25, 0.3) is 0 Å². The Balaban J connectivity index is 1.84. The van der Waals surface area contributed by atoms with Crippen LogP contribution in [0.2, 0.25) is 0 Å². The van der Waals surface area contributed by atoms with Crippen LogP contribution in [0, 0.1) is 25.2 Å². The van der Waals surface area contributed by atoms with E-state index in [1.807, 2.05) is 0 Å². The molecule has 6 bridgehead atoms. The third kappa shape index (κ3) is 1.92. The number of aromatic nitrogens is 1. The van der Waals surface area contributed by atoms with E-state index in [2.05, 4.69) is 81.4 Å². The van der Waals surface area contributed by atoms with E-state index in [1.165, 1.54) is 32.8 Å². The van der Waals surface area contributed by atoms with Crippen molar-refractivity contribution >= 4 is 24.1 Å². The monoisotopic (exact) mass is 413 g/mol. The molecule has 3 heterocycles. The third-order valence-corrected chi connectivity index (χ3v) is 9.78. The SMILES string of the molecule is C=Nc1cc[n+]2c3c1C1C(=c4cc(C)cc(C)c4=CCC31C)C1(C)C(CCO)CC21C. The fourth-order valence-corrected chi connectivity index (χ4v) is 8.16. The summed E-state index contributed by atoms with van der Waals surface area (Å²) in [6, 6.07) is 6.93. The number of benzene rings is 1. The fourth-order valence-electron chi connectivity index (χ4n) is 8.16.